The minimum Gasteiger partial charge on any atom is -0.483 e. The predicted octanol–water partition coefficient (Wildman–Crippen LogP) is 6.74. The molecule has 3 aliphatic rings. The second-order valence-corrected chi connectivity index (χ2v) is 13.3. The zero-order valence-corrected chi connectivity index (χ0v) is 27.4. The SMILES string of the molecule is CC(=O)Oc1cc(OC(C)=O)c2c3c1OC(C)(C)C3Cc1c-2oc2c(CC=C(C)C)c3c(c(OC(C)=O)c2c1=O)C=CC(C)(C)O3. The van der Waals surface area contributed by atoms with Crippen molar-refractivity contribution < 1.29 is 42.5 Å². The fourth-order valence-corrected chi connectivity index (χ4v) is 6.48. The van der Waals surface area contributed by atoms with E-state index in [1.807, 2.05) is 59.8 Å². The molecule has 2 aromatic carbocycles. The van der Waals surface area contributed by atoms with E-state index >= 15 is 0 Å². The third-order valence-electron chi connectivity index (χ3n) is 8.39. The summed E-state index contributed by atoms with van der Waals surface area (Å²) in [6.45, 7) is 15.3. The van der Waals surface area contributed by atoms with Gasteiger partial charge in [0, 0.05) is 49.4 Å². The molecule has 1 atom stereocenters. The molecule has 1 aromatic heterocycles. The highest BCUT2D eigenvalue weighted by Crippen LogP contribution is 2.60. The molecule has 240 valence electrons. The van der Waals surface area contributed by atoms with Crippen LogP contribution in [0, 0.1) is 0 Å². The average molecular weight is 629 g/mol. The van der Waals surface area contributed by atoms with Crippen LogP contribution in [0.3, 0.4) is 0 Å². The summed E-state index contributed by atoms with van der Waals surface area (Å²) in [5.41, 5.74) is 1.64. The Bertz CT molecular complexity index is 2000. The number of allylic oxidation sites excluding steroid dienone is 2. The Hall–Kier alpha value is -4.86. The second kappa shape index (κ2) is 10.6. The minimum atomic E-state index is -0.842. The highest BCUT2D eigenvalue weighted by Gasteiger charge is 2.50. The summed E-state index contributed by atoms with van der Waals surface area (Å²) in [6.07, 6.45) is 6.21. The van der Waals surface area contributed by atoms with Crippen LogP contribution in [-0.2, 0) is 27.2 Å². The summed E-state index contributed by atoms with van der Waals surface area (Å²) < 4.78 is 36.6. The Morgan fingerprint density at radius 2 is 1.57 bits per heavy atom. The minimum absolute atomic E-state index is 0.0561. The van der Waals surface area contributed by atoms with Crippen molar-refractivity contribution in [2.75, 3.05) is 0 Å². The molecule has 0 spiro atoms. The number of esters is 3. The normalized spacial score (nSPS) is 17.5. The molecule has 1 unspecified atom stereocenters. The standard InChI is InChI=1S/C36H36O10/c1-16(2)10-11-20-30-21(12-13-35(6,7)45-30)31(43-19(5)39)28-29(40)22-14-23-26-27(33(22)44-32(20)28)24(41-17(3)37)15-25(42-18(4)38)34(26)46-36(23,8)9/h10,12-13,15,23H,11,14H2,1-9H3. The van der Waals surface area contributed by atoms with Crippen molar-refractivity contribution in [2.24, 2.45) is 0 Å². The molecule has 3 heterocycles. The molecular formula is C36H36O10. The molecule has 0 saturated heterocycles. The molecule has 0 radical (unpaired) electrons. The summed E-state index contributed by atoms with van der Waals surface area (Å²) >= 11 is 0. The van der Waals surface area contributed by atoms with E-state index in [-0.39, 0.29) is 45.8 Å². The maximum absolute atomic E-state index is 14.8. The highest BCUT2D eigenvalue weighted by molar-refractivity contribution is 5.98. The number of hydrogen-bond acceptors (Lipinski definition) is 10. The van der Waals surface area contributed by atoms with Gasteiger partial charge in [0.25, 0.3) is 0 Å². The van der Waals surface area contributed by atoms with Crippen molar-refractivity contribution in [1.29, 1.82) is 0 Å². The van der Waals surface area contributed by atoms with Gasteiger partial charge in [0.1, 0.15) is 39.4 Å². The Labute approximate surface area is 265 Å². The summed E-state index contributed by atoms with van der Waals surface area (Å²) in [5.74, 6) is -1.05. The number of benzene rings is 2. The van der Waals surface area contributed by atoms with Crippen LogP contribution in [-0.4, -0.2) is 29.1 Å². The van der Waals surface area contributed by atoms with Crippen LogP contribution < -0.4 is 29.1 Å². The van der Waals surface area contributed by atoms with Gasteiger partial charge in [-0.15, -0.1) is 0 Å². The van der Waals surface area contributed by atoms with Crippen LogP contribution >= 0.6 is 0 Å². The van der Waals surface area contributed by atoms with Gasteiger partial charge >= 0.3 is 17.9 Å². The van der Waals surface area contributed by atoms with Crippen molar-refractivity contribution in [3.05, 3.63) is 56.3 Å². The fourth-order valence-electron chi connectivity index (χ4n) is 6.48. The number of hydrogen-bond donors (Lipinski definition) is 0. The summed E-state index contributed by atoms with van der Waals surface area (Å²) in [5, 5.41) is 0.115. The van der Waals surface area contributed by atoms with Crippen LogP contribution in [0.25, 0.3) is 28.4 Å². The zero-order valence-electron chi connectivity index (χ0n) is 27.4. The van der Waals surface area contributed by atoms with E-state index < -0.39 is 35.0 Å². The van der Waals surface area contributed by atoms with Gasteiger partial charge in [-0.05, 0) is 66.5 Å². The molecular weight excluding hydrogens is 592 g/mol. The topological polar surface area (TPSA) is 128 Å². The second-order valence-electron chi connectivity index (χ2n) is 13.3. The maximum Gasteiger partial charge on any atom is 0.308 e. The molecule has 2 aliphatic heterocycles. The predicted molar refractivity (Wildman–Crippen MR) is 170 cm³/mol. The summed E-state index contributed by atoms with van der Waals surface area (Å²) in [6, 6.07) is 1.41. The Kier molecular flexibility index (Phi) is 7.18. The van der Waals surface area contributed by atoms with Crippen LogP contribution in [0.4, 0.5) is 0 Å². The summed E-state index contributed by atoms with van der Waals surface area (Å²) in [7, 11) is 0. The van der Waals surface area contributed by atoms with Crippen molar-refractivity contribution in [3.63, 3.8) is 0 Å². The quantitative estimate of drug-likeness (QED) is 0.170. The van der Waals surface area contributed by atoms with Crippen molar-refractivity contribution in [1.82, 2.24) is 0 Å². The van der Waals surface area contributed by atoms with Crippen LogP contribution in [0.2, 0.25) is 0 Å². The monoisotopic (exact) mass is 628 g/mol. The van der Waals surface area contributed by atoms with Gasteiger partial charge < -0.3 is 28.1 Å². The van der Waals surface area contributed by atoms with Gasteiger partial charge in [0.05, 0.1) is 11.1 Å². The van der Waals surface area contributed by atoms with Gasteiger partial charge in [0.2, 0.25) is 0 Å². The fraction of sp³-hybridized carbons (Fsp3) is 0.389. The molecule has 10 nitrogen and oxygen atoms in total. The lowest BCUT2D eigenvalue weighted by molar-refractivity contribution is -0.133. The molecule has 1 aliphatic carbocycles. The van der Waals surface area contributed by atoms with E-state index in [9.17, 15) is 19.2 Å². The number of rotatable bonds is 5. The van der Waals surface area contributed by atoms with Crippen molar-refractivity contribution >= 4 is 35.0 Å². The number of carbonyl (C=O) groups is 3. The average Bonchev–Trinajstić information content (AvgIpc) is 3.19. The zero-order chi connectivity index (χ0) is 33.5. The van der Waals surface area contributed by atoms with E-state index in [0.29, 0.717) is 45.7 Å². The smallest absolute Gasteiger partial charge is 0.308 e. The molecule has 46 heavy (non-hydrogen) atoms. The van der Waals surface area contributed by atoms with Gasteiger partial charge in [-0.2, -0.15) is 0 Å². The number of fused-ring (bicyclic) bond motifs is 4. The van der Waals surface area contributed by atoms with Crippen LogP contribution in [0.15, 0.2) is 33.0 Å². The highest BCUT2D eigenvalue weighted by atomic mass is 16.6. The lowest BCUT2D eigenvalue weighted by Gasteiger charge is -2.32. The lowest BCUT2D eigenvalue weighted by atomic mass is 9.74. The molecule has 0 bridgehead atoms. The van der Waals surface area contributed by atoms with E-state index in [4.69, 9.17) is 28.1 Å². The Morgan fingerprint density at radius 1 is 0.913 bits per heavy atom. The first-order valence-corrected chi connectivity index (χ1v) is 15.1. The van der Waals surface area contributed by atoms with E-state index in [1.54, 1.807) is 0 Å². The number of carbonyl (C=O) groups excluding carboxylic acids is 3. The van der Waals surface area contributed by atoms with Gasteiger partial charge in [-0.1, -0.05) is 11.6 Å². The molecule has 6 rings (SSSR count). The molecule has 0 N–H and O–H groups in total. The Morgan fingerprint density at radius 3 is 2.20 bits per heavy atom. The van der Waals surface area contributed by atoms with E-state index in [0.717, 1.165) is 5.57 Å². The Balaban J connectivity index is 1.78. The third kappa shape index (κ3) is 5.05. The largest absolute Gasteiger partial charge is 0.483 e. The first-order valence-electron chi connectivity index (χ1n) is 15.1. The lowest BCUT2D eigenvalue weighted by Crippen LogP contribution is -2.34. The molecule has 0 fully saturated rings. The maximum atomic E-state index is 14.8. The van der Waals surface area contributed by atoms with Crippen molar-refractivity contribution in [2.45, 2.75) is 92.3 Å². The van der Waals surface area contributed by atoms with E-state index in [1.165, 1.54) is 26.8 Å². The van der Waals surface area contributed by atoms with E-state index in [2.05, 4.69) is 0 Å². The van der Waals surface area contributed by atoms with Gasteiger partial charge in [-0.25, -0.2) is 0 Å². The van der Waals surface area contributed by atoms with Crippen molar-refractivity contribution in [3.8, 4) is 40.1 Å². The first-order chi connectivity index (χ1) is 21.5. The summed E-state index contributed by atoms with van der Waals surface area (Å²) in [4.78, 5) is 51.7. The molecule has 0 saturated carbocycles. The third-order valence-corrected chi connectivity index (χ3v) is 8.39. The molecule has 3 aromatic rings. The van der Waals surface area contributed by atoms with Crippen LogP contribution in [0.5, 0.6) is 28.7 Å². The number of ether oxygens (including phenoxy) is 5. The van der Waals surface area contributed by atoms with Gasteiger partial charge in [-0.3, -0.25) is 19.2 Å². The first kappa shape index (κ1) is 31.1. The molecule has 10 heteroatoms. The molecule has 0 amide bonds. The van der Waals surface area contributed by atoms with Crippen LogP contribution in [0.1, 0.15) is 90.5 Å². The van der Waals surface area contributed by atoms with Gasteiger partial charge in [0.15, 0.2) is 22.7 Å².